The summed E-state index contributed by atoms with van der Waals surface area (Å²) in [6.45, 7) is 0. The van der Waals surface area contributed by atoms with Gasteiger partial charge in [-0.3, -0.25) is 0 Å². The van der Waals surface area contributed by atoms with Gasteiger partial charge >= 0.3 is 0 Å². The monoisotopic (exact) mass is 312 g/mol. The third kappa shape index (κ3) is 3.45. The van der Waals surface area contributed by atoms with Crippen LogP contribution in [0.25, 0.3) is 0 Å². The van der Waals surface area contributed by atoms with E-state index in [-0.39, 0.29) is 0 Å². The van der Waals surface area contributed by atoms with Gasteiger partial charge in [0.25, 0.3) is 0 Å². The van der Waals surface area contributed by atoms with E-state index in [2.05, 4.69) is 15.9 Å². The lowest BCUT2D eigenvalue weighted by Gasteiger charge is -2.15. The Morgan fingerprint density at radius 2 is 1.80 bits per heavy atom. The molecular formula is C9H10BrClO3S. The molecule has 1 rings (SSSR count). The summed E-state index contributed by atoms with van der Waals surface area (Å²) in [6, 6.07) is 6.38. The van der Waals surface area contributed by atoms with E-state index in [1.807, 2.05) is 0 Å². The molecule has 0 radical (unpaired) electrons. The molecule has 1 aromatic carbocycles. The Balaban J connectivity index is 2.95. The number of hydrogen-bond acceptors (Lipinski definition) is 3. The molecule has 2 atom stereocenters. The van der Waals surface area contributed by atoms with E-state index < -0.39 is 20.1 Å². The molecule has 0 unspecified atom stereocenters. The maximum atomic E-state index is 11.2. The second kappa shape index (κ2) is 4.82. The third-order valence-electron chi connectivity index (χ3n) is 1.87. The molecule has 1 N–H and O–H groups in total. The Bertz CT molecular complexity index is 429. The van der Waals surface area contributed by atoms with Crippen LogP contribution in [0, 0.1) is 0 Å². The number of hydrogen-bond donors (Lipinski definition) is 1. The summed E-state index contributed by atoms with van der Waals surface area (Å²) in [4.78, 5) is 0. The molecule has 6 heteroatoms. The van der Waals surface area contributed by atoms with Crippen LogP contribution in [0.5, 0.6) is 0 Å². The van der Waals surface area contributed by atoms with Crippen molar-refractivity contribution in [2.75, 3.05) is 6.26 Å². The summed E-state index contributed by atoms with van der Waals surface area (Å²) in [6.07, 6.45) is -0.0387. The van der Waals surface area contributed by atoms with Crippen LogP contribution in [0.3, 0.4) is 0 Å². The fourth-order valence-electron chi connectivity index (χ4n) is 1.05. The molecule has 0 aliphatic rings. The van der Waals surface area contributed by atoms with Crippen LogP contribution in [0.2, 0.25) is 5.02 Å². The first kappa shape index (κ1) is 13.0. The van der Waals surface area contributed by atoms with Gasteiger partial charge in [-0.25, -0.2) is 8.42 Å². The fraction of sp³-hybridized carbons (Fsp3) is 0.333. The molecule has 84 valence electrons. The molecule has 1 aromatic rings. The van der Waals surface area contributed by atoms with Gasteiger partial charge in [-0.15, -0.1) is 0 Å². The van der Waals surface area contributed by atoms with Gasteiger partial charge in [0.1, 0.15) is 10.3 Å². The molecule has 0 aliphatic carbocycles. The largest absolute Gasteiger partial charge is 0.386 e. The zero-order chi connectivity index (χ0) is 11.6. The van der Waals surface area contributed by atoms with E-state index in [1.165, 1.54) is 0 Å². The summed E-state index contributed by atoms with van der Waals surface area (Å²) in [5.41, 5.74) is 0.506. The Labute approximate surface area is 102 Å². The van der Waals surface area contributed by atoms with Crippen molar-refractivity contribution < 1.29 is 13.5 Å². The van der Waals surface area contributed by atoms with E-state index in [0.717, 1.165) is 6.26 Å². The highest BCUT2D eigenvalue weighted by Crippen LogP contribution is 2.26. The fourth-order valence-corrected chi connectivity index (χ4v) is 2.10. The van der Waals surface area contributed by atoms with Crippen LogP contribution in [0.1, 0.15) is 11.7 Å². The SMILES string of the molecule is CS(=O)(=O)[C@H](Br)[C@H](O)c1ccc(Cl)cc1. The zero-order valence-corrected chi connectivity index (χ0v) is 11.1. The smallest absolute Gasteiger partial charge is 0.163 e. The molecule has 3 nitrogen and oxygen atoms in total. The summed E-state index contributed by atoms with van der Waals surface area (Å²) in [5, 5.41) is 10.3. The van der Waals surface area contributed by atoms with Crippen LogP contribution in [-0.2, 0) is 9.84 Å². The van der Waals surface area contributed by atoms with Gasteiger partial charge in [-0.2, -0.15) is 0 Å². The average Bonchev–Trinajstić information content (AvgIpc) is 2.15. The van der Waals surface area contributed by atoms with Crippen molar-refractivity contribution >= 4 is 37.4 Å². The number of aliphatic hydroxyl groups excluding tert-OH is 1. The number of sulfone groups is 1. The van der Waals surface area contributed by atoms with Gasteiger partial charge in [0.2, 0.25) is 0 Å². The van der Waals surface area contributed by atoms with Gasteiger partial charge in [-0.1, -0.05) is 39.7 Å². The van der Waals surface area contributed by atoms with E-state index in [0.29, 0.717) is 10.6 Å². The second-order valence-corrected chi connectivity index (χ2v) is 7.37. The molecule has 0 aliphatic heterocycles. The van der Waals surface area contributed by atoms with Crippen molar-refractivity contribution in [2.24, 2.45) is 0 Å². The Hall–Kier alpha value is -0.100. The van der Waals surface area contributed by atoms with Crippen molar-refractivity contribution in [3.63, 3.8) is 0 Å². The van der Waals surface area contributed by atoms with Crippen LogP contribution >= 0.6 is 27.5 Å². The first-order valence-electron chi connectivity index (χ1n) is 4.09. The van der Waals surface area contributed by atoms with Gasteiger partial charge in [0.05, 0.1) is 0 Å². The molecular weight excluding hydrogens is 304 g/mol. The van der Waals surface area contributed by atoms with Crippen molar-refractivity contribution in [3.8, 4) is 0 Å². The maximum absolute atomic E-state index is 11.2. The van der Waals surface area contributed by atoms with E-state index in [9.17, 15) is 13.5 Å². The Kier molecular flexibility index (Phi) is 4.17. The summed E-state index contributed by atoms with van der Waals surface area (Å²) in [7, 11) is -3.33. The quantitative estimate of drug-likeness (QED) is 0.870. The molecule has 0 fully saturated rings. The average molecular weight is 314 g/mol. The van der Waals surface area contributed by atoms with Gasteiger partial charge < -0.3 is 5.11 Å². The lowest BCUT2D eigenvalue weighted by molar-refractivity contribution is 0.195. The number of rotatable bonds is 3. The predicted molar refractivity (Wildman–Crippen MR) is 64.0 cm³/mol. The Morgan fingerprint density at radius 1 is 1.33 bits per heavy atom. The third-order valence-corrected chi connectivity index (χ3v) is 5.73. The van der Waals surface area contributed by atoms with Crippen molar-refractivity contribution in [3.05, 3.63) is 34.9 Å². The first-order valence-corrected chi connectivity index (χ1v) is 7.33. The lowest BCUT2D eigenvalue weighted by Crippen LogP contribution is -2.21. The molecule has 0 saturated carbocycles. The Morgan fingerprint density at radius 3 is 2.20 bits per heavy atom. The number of halogens is 2. The molecule has 0 amide bonds. The van der Waals surface area contributed by atoms with Crippen LogP contribution in [-0.4, -0.2) is 23.9 Å². The van der Waals surface area contributed by atoms with Crippen molar-refractivity contribution in [1.29, 1.82) is 0 Å². The van der Waals surface area contributed by atoms with Crippen LogP contribution in [0.4, 0.5) is 0 Å². The standard InChI is InChI=1S/C9H10BrClO3S/c1-15(13,14)9(10)8(12)6-2-4-7(11)5-3-6/h2-5,8-9,12H,1H3/t8-,9+/m1/s1. The summed E-state index contributed by atoms with van der Waals surface area (Å²) < 4.78 is 21.4. The molecule has 0 heterocycles. The number of aliphatic hydroxyl groups is 1. The van der Waals surface area contributed by atoms with Gasteiger partial charge in [0.15, 0.2) is 9.84 Å². The molecule has 0 bridgehead atoms. The van der Waals surface area contributed by atoms with Crippen molar-refractivity contribution in [1.82, 2.24) is 0 Å². The summed E-state index contributed by atoms with van der Waals surface area (Å²) in [5.74, 6) is 0. The molecule has 0 saturated heterocycles. The topological polar surface area (TPSA) is 54.4 Å². The highest BCUT2D eigenvalue weighted by Gasteiger charge is 2.27. The van der Waals surface area contributed by atoms with Crippen molar-refractivity contribution in [2.45, 2.75) is 10.3 Å². The second-order valence-electron chi connectivity index (χ2n) is 3.18. The van der Waals surface area contributed by atoms with E-state index in [4.69, 9.17) is 11.6 Å². The maximum Gasteiger partial charge on any atom is 0.163 e. The molecule has 0 spiro atoms. The van der Waals surface area contributed by atoms with Gasteiger partial charge in [-0.05, 0) is 17.7 Å². The van der Waals surface area contributed by atoms with Gasteiger partial charge in [0, 0.05) is 11.3 Å². The number of benzene rings is 1. The minimum absolute atomic E-state index is 0.506. The normalized spacial score (nSPS) is 16.0. The van der Waals surface area contributed by atoms with E-state index in [1.54, 1.807) is 24.3 Å². The minimum Gasteiger partial charge on any atom is -0.386 e. The zero-order valence-electron chi connectivity index (χ0n) is 7.89. The predicted octanol–water partition coefficient (Wildman–Crippen LogP) is 2.14. The summed E-state index contributed by atoms with van der Waals surface area (Å²) >= 11 is 8.62. The first-order chi connectivity index (χ1) is 6.82. The minimum atomic E-state index is -3.33. The highest BCUT2D eigenvalue weighted by molar-refractivity contribution is 9.11. The number of alkyl halides is 1. The van der Waals surface area contributed by atoms with E-state index >= 15 is 0 Å². The van der Waals surface area contributed by atoms with Crippen LogP contribution < -0.4 is 0 Å². The highest BCUT2D eigenvalue weighted by atomic mass is 79.9. The molecule has 15 heavy (non-hydrogen) atoms. The van der Waals surface area contributed by atoms with Crippen LogP contribution in [0.15, 0.2) is 24.3 Å². The lowest BCUT2D eigenvalue weighted by atomic mass is 10.1. The molecule has 0 aromatic heterocycles.